The van der Waals surface area contributed by atoms with Gasteiger partial charge in [-0.1, -0.05) is 36.8 Å². The molecule has 0 radical (unpaired) electrons. The van der Waals surface area contributed by atoms with Crippen molar-refractivity contribution in [1.82, 2.24) is 19.6 Å². The molecule has 1 unspecified atom stereocenters. The van der Waals surface area contributed by atoms with E-state index in [0.717, 1.165) is 50.7 Å². The Morgan fingerprint density at radius 2 is 1.64 bits per heavy atom. The molecule has 2 spiro atoms. The van der Waals surface area contributed by atoms with Crippen LogP contribution >= 0.6 is 0 Å². The van der Waals surface area contributed by atoms with Crippen LogP contribution in [0.25, 0.3) is 0 Å². The van der Waals surface area contributed by atoms with Gasteiger partial charge in [-0.25, -0.2) is 9.18 Å². The molecule has 2 amide bonds. The second kappa shape index (κ2) is 13.9. The lowest BCUT2D eigenvalue weighted by Gasteiger charge is -2.52. The van der Waals surface area contributed by atoms with Crippen LogP contribution in [0, 0.1) is 28.0 Å². The predicted octanol–water partition coefficient (Wildman–Crippen LogP) is 7.30. The van der Waals surface area contributed by atoms with Crippen LogP contribution in [0.2, 0.25) is 0 Å². The van der Waals surface area contributed by atoms with Gasteiger partial charge in [-0.15, -0.1) is 0 Å². The molecule has 3 aromatic rings. The molecule has 0 bridgehead atoms. The van der Waals surface area contributed by atoms with Crippen molar-refractivity contribution in [2.75, 3.05) is 32.8 Å². The van der Waals surface area contributed by atoms with Gasteiger partial charge in [0.1, 0.15) is 11.2 Å². The molecule has 2 saturated carbocycles. The Morgan fingerprint density at radius 3 is 2.26 bits per heavy atom. The van der Waals surface area contributed by atoms with Crippen molar-refractivity contribution < 1.29 is 41.8 Å². The zero-order valence-electron chi connectivity index (χ0n) is 30.1. The molecule has 13 heteroatoms. The van der Waals surface area contributed by atoms with Gasteiger partial charge in [-0.05, 0) is 92.5 Å². The summed E-state index contributed by atoms with van der Waals surface area (Å²) in [6.07, 6.45) is 6.28. The maximum Gasteiger partial charge on any atom is 0.402 e. The van der Waals surface area contributed by atoms with Gasteiger partial charge in [0.05, 0.1) is 37.1 Å². The Hall–Kier alpha value is -4.26. The highest BCUT2D eigenvalue weighted by atomic mass is 19.4. The van der Waals surface area contributed by atoms with Gasteiger partial charge >= 0.3 is 12.1 Å². The molecular formula is C40H46F4N4O5. The number of halogens is 4. The summed E-state index contributed by atoms with van der Waals surface area (Å²) in [5.41, 5.74) is -0.0364. The predicted molar refractivity (Wildman–Crippen MR) is 187 cm³/mol. The van der Waals surface area contributed by atoms with Gasteiger partial charge in [0.2, 0.25) is 5.91 Å². The normalized spacial score (nSPS) is 21.1. The lowest BCUT2D eigenvalue weighted by atomic mass is 9.58. The third-order valence-electron chi connectivity index (χ3n) is 12.7. The lowest BCUT2D eigenvalue weighted by molar-refractivity contribution is -0.223. The van der Waals surface area contributed by atoms with Gasteiger partial charge in [0, 0.05) is 43.7 Å². The summed E-state index contributed by atoms with van der Waals surface area (Å²) in [7, 11) is 0. The summed E-state index contributed by atoms with van der Waals surface area (Å²) in [5.74, 6) is -2.85. The summed E-state index contributed by atoms with van der Waals surface area (Å²) in [5, 5.41) is 14.6. The number of carboxylic acids is 1. The highest BCUT2D eigenvalue weighted by molar-refractivity contribution is 5.94. The number of aromatic nitrogens is 2. The third-order valence-corrected chi connectivity index (χ3v) is 12.7. The molecule has 7 rings (SSSR count). The largest absolute Gasteiger partial charge is 0.478 e. The first kappa shape index (κ1) is 37.1. The Kier molecular flexibility index (Phi) is 9.70. The zero-order chi connectivity index (χ0) is 37.8. The second-order valence-corrected chi connectivity index (χ2v) is 16.4. The molecule has 9 nitrogen and oxygen atoms in total. The molecule has 3 heterocycles. The van der Waals surface area contributed by atoms with Crippen LogP contribution in [0.4, 0.5) is 17.6 Å². The first-order valence-electron chi connectivity index (χ1n) is 18.4. The van der Waals surface area contributed by atoms with Crippen LogP contribution in [0.3, 0.4) is 0 Å². The van der Waals surface area contributed by atoms with Crippen LogP contribution in [-0.2, 0) is 22.7 Å². The fourth-order valence-corrected chi connectivity index (χ4v) is 9.04. The Balaban J connectivity index is 1.06. The van der Waals surface area contributed by atoms with E-state index < -0.39 is 28.9 Å². The van der Waals surface area contributed by atoms with Crippen LogP contribution in [0.15, 0.2) is 54.9 Å². The summed E-state index contributed by atoms with van der Waals surface area (Å²) < 4.78 is 62.6. The molecule has 2 aromatic carbocycles. The minimum absolute atomic E-state index is 0.0204. The Bertz CT molecular complexity index is 1850. The number of benzene rings is 2. The standard InChI is InChI=1S/C40H46F4N4O5/c1-37(2,40(42,43)44)36(52)47-24-39(25-47)23-46(34(49)29-17-45-48(19-29)18-26-7-9-31(41)10-8-26)20-30(39)22-53-21-28-5-3-6-32(33(28)35(50)51)27-11-15-38(16-12-27)13-4-14-38/h3,5-10,17,19,27,30H,4,11-16,18,20-25H2,1-2H3,(H,50,51). The number of carbonyl (C=O) groups excluding carboxylic acids is 2. The maximum absolute atomic E-state index is 13.8. The maximum atomic E-state index is 13.8. The first-order valence-corrected chi connectivity index (χ1v) is 18.4. The van der Waals surface area contributed by atoms with Gasteiger partial charge in [0.15, 0.2) is 0 Å². The fourth-order valence-electron chi connectivity index (χ4n) is 9.04. The van der Waals surface area contributed by atoms with E-state index in [9.17, 15) is 37.1 Å². The van der Waals surface area contributed by atoms with Crippen molar-refractivity contribution >= 4 is 17.8 Å². The van der Waals surface area contributed by atoms with Crippen LogP contribution in [0.5, 0.6) is 0 Å². The number of aromatic carboxylic acids is 1. The molecule has 1 atom stereocenters. The van der Waals surface area contributed by atoms with Gasteiger partial charge < -0.3 is 19.6 Å². The number of rotatable bonds is 10. The second-order valence-electron chi connectivity index (χ2n) is 16.4. The van der Waals surface area contributed by atoms with Gasteiger partial charge in [-0.2, -0.15) is 18.3 Å². The van der Waals surface area contributed by atoms with Crippen LogP contribution < -0.4 is 0 Å². The van der Waals surface area contributed by atoms with E-state index in [1.807, 2.05) is 12.1 Å². The Labute approximate surface area is 306 Å². The first-order chi connectivity index (χ1) is 25.1. The highest BCUT2D eigenvalue weighted by Gasteiger charge is 2.61. The molecule has 1 N–H and O–H groups in total. The molecule has 4 fully saturated rings. The van der Waals surface area contributed by atoms with Crippen molar-refractivity contribution in [3.05, 3.63) is 88.5 Å². The molecule has 2 aliphatic heterocycles. The summed E-state index contributed by atoms with van der Waals surface area (Å²) in [6, 6.07) is 11.5. The number of likely N-dealkylation sites (tertiary alicyclic amines) is 2. The minimum atomic E-state index is -4.73. The van der Waals surface area contributed by atoms with E-state index in [-0.39, 0.29) is 68.5 Å². The van der Waals surface area contributed by atoms with Crippen molar-refractivity contribution in [2.24, 2.45) is 22.2 Å². The van der Waals surface area contributed by atoms with E-state index in [0.29, 0.717) is 23.1 Å². The van der Waals surface area contributed by atoms with Gasteiger partial charge in [-0.3, -0.25) is 14.3 Å². The molecule has 2 aliphatic carbocycles. The Morgan fingerprint density at radius 1 is 0.962 bits per heavy atom. The van der Waals surface area contributed by atoms with E-state index in [1.165, 1.54) is 42.5 Å². The average molecular weight is 739 g/mol. The van der Waals surface area contributed by atoms with Crippen molar-refractivity contribution in [3.63, 3.8) is 0 Å². The zero-order valence-corrected chi connectivity index (χ0v) is 30.1. The number of carbonyl (C=O) groups is 3. The van der Waals surface area contributed by atoms with Crippen molar-refractivity contribution in [2.45, 2.75) is 84.0 Å². The average Bonchev–Trinajstić information content (AvgIpc) is 3.72. The number of alkyl halides is 3. The van der Waals surface area contributed by atoms with Crippen molar-refractivity contribution in [3.8, 4) is 0 Å². The van der Waals surface area contributed by atoms with Gasteiger partial charge in [0.25, 0.3) is 5.91 Å². The van der Waals surface area contributed by atoms with E-state index >= 15 is 0 Å². The molecular weight excluding hydrogens is 692 g/mol. The van der Waals surface area contributed by atoms with Crippen LogP contribution in [-0.4, -0.2) is 81.4 Å². The molecule has 53 heavy (non-hydrogen) atoms. The quantitative estimate of drug-likeness (QED) is 0.219. The fraction of sp³-hybridized carbons (Fsp3) is 0.550. The number of carboxylic acid groups (broad SMARTS) is 1. The lowest BCUT2D eigenvalue weighted by Crippen LogP contribution is -2.66. The van der Waals surface area contributed by atoms with E-state index in [2.05, 4.69) is 5.10 Å². The smallest absolute Gasteiger partial charge is 0.402 e. The third kappa shape index (κ3) is 7.08. The number of ether oxygens (including phenoxy) is 1. The monoisotopic (exact) mass is 738 g/mol. The molecule has 284 valence electrons. The number of hydrogen-bond acceptors (Lipinski definition) is 5. The minimum Gasteiger partial charge on any atom is -0.478 e. The highest BCUT2D eigenvalue weighted by Crippen LogP contribution is 2.55. The summed E-state index contributed by atoms with van der Waals surface area (Å²) >= 11 is 0. The van der Waals surface area contributed by atoms with Crippen LogP contribution in [0.1, 0.15) is 102 Å². The SMILES string of the molecule is CC(C)(C(=O)N1CC2(CN(C(=O)c3cnn(Cc4ccc(F)cc4)c3)CC2COCc2cccc(C3CCC4(CCC4)CC3)c2C(=O)O)C1)C(F)(F)F. The molecule has 2 saturated heterocycles. The molecule has 4 aliphatic rings. The van der Waals surface area contributed by atoms with E-state index in [1.54, 1.807) is 34.0 Å². The summed E-state index contributed by atoms with van der Waals surface area (Å²) in [6.45, 7) is 2.73. The molecule has 1 aromatic heterocycles. The topological polar surface area (TPSA) is 105 Å². The van der Waals surface area contributed by atoms with E-state index in [4.69, 9.17) is 4.74 Å². The number of hydrogen-bond donors (Lipinski definition) is 1. The van der Waals surface area contributed by atoms with Crippen molar-refractivity contribution in [1.29, 1.82) is 0 Å². The number of amides is 2. The summed E-state index contributed by atoms with van der Waals surface area (Å²) in [4.78, 5) is 42.3. The number of nitrogens with zero attached hydrogens (tertiary/aromatic N) is 4.